The monoisotopic (exact) mass is 378 g/mol. The number of likely N-dealkylation sites (tertiary alicyclic amines) is 1. The minimum atomic E-state index is -3.59. The van der Waals surface area contributed by atoms with Crippen molar-refractivity contribution in [2.45, 2.75) is 24.7 Å². The van der Waals surface area contributed by atoms with E-state index in [4.69, 9.17) is 4.74 Å². The van der Waals surface area contributed by atoms with Crippen LogP contribution < -0.4 is 0 Å². The Morgan fingerprint density at radius 1 is 1.31 bits per heavy atom. The molecule has 1 saturated heterocycles. The molecule has 142 valence electrons. The Kier molecular flexibility index (Phi) is 5.79. The van der Waals surface area contributed by atoms with Gasteiger partial charge in [-0.25, -0.2) is 8.42 Å². The predicted molar refractivity (Wildman–Crippen MR) is 99.5 cm³/mol. The Bertz CT molecular complexity index is 804. The van der Waals surface area contributed by atoms with E-state index in [1.165, 1.54) is 15.9 Å². The van der Waals surface area contributed by atoms with Crippen LogP contribution in [0.25, 0.3) is 0 Å². The molecule has 0 aromatic heterocycles. The van der Waals surface area contributed by atoms with E-state index in [-0.39, 0.29) is 10.8 Å². The average molecular weight is 378 g/mol. The number of nitrogens with zero attached hydrogens (tertiary/aromatic N) is 2. The lowest BCUT2D eigenvalue weighted by molar-refractivity contribution is 0.0775. The fraction of sp³-hybridized carbons (Fsp3) is 0.526. The number of methoxy groups -OCH3 is 1. The van der Waals surface area contributed by atoms with Gasteiger partial charge < -0.3 is 9.64 Å². The van der Waals surface area contributed by atoms with Gasteiger partial charge in [0.25, 0.3) is 5.91 Å². The Morgan fingerprint density at radius 2 is 2.12 bits per heavy atom. The van der Waals surface area contributed by atoms with Crippen molar-refractivity contribution in [1.82, 2.24) is 9.21 Å². The van der Waals surface area contributed by atoms with Gasteiger partial charge in [0.15, 0.2) is 0 Å². The maximum atomic E-state index is 12.9. The molecule has 2 aliphatic heterocycles. The van der Waals surface area contributed by atoms with Gasteiger partial charge in [-0.15, -0.1) is 0 Å². The van der Waals surface area contributed by atoms with Crippen LogP contribution in [0.1, 0.15) is 30.1 Å². The molecule has 1 aromatic carbocycles. The molecule has 1 aromatic rings. The van der Waals surface area contributed by atoms with Crippen molar-refractivity contribution in [3.63, 3.8) is 0 Å². The molecule has 0 bridgehead atoms. The van der Waals surface area contributed by atoms with Crippen LogP contribution in [0, 0.1) is 5.92 Å². The highest BCUT2D eigenvalue weighted by Crippen LogP contribution is 2.23. The molecule has 0 unspecified atom stereocenters. The van der Waals surface area contributed by atoms with Crippen LogP contribution in [-0.2, 0) is 14.8 Å². The van der Waals surface area contributed by atoms with Crippen LogP contribution >= 0.6 is 0 Å². The summed E-state index contributed by atoms with van der Waals surface area (Å²) < 4.78 is 32.4. The van der Waals surface area contributed by atoms with Crippen molar-refractivity contribution < 1.29 is 17.9 Å². The number of benzene rings is 1. The Hall–Kier alpha value is -1.70. The third kappa shape index (κ3) is 4.00. The molecule has 0 saturated carbocycles. The predicted octanol–water partition coefficient (Wildman–Crippen LogP) is 2.14. The van der Waals surface area contributed by atoms with Crippen LogP contribution in [0.4, 0.5) is 0 Å². The molecule has 0 N–H and O–H groups in total. The summed E-state index contributed by atoms with van der Waals surface area (Å²) in [5.41, 5.74) is 1.63. The van der Waals surface area contributed by atoms with Gasteiger partial charge in [0.05, 0.1) is 11.5 Å². The van der Waals surface area contributed by atoms with Gasteiger partial charge in [-0.1, -0.05) is 17.7 Å². The first kappa shape index (κ1) is 19.1. The summed E-state index contributed by atoms with van der Waals surface area (Å²) in [5, 5.41) is 0. The second kappa shape index (κ2) is 7.90. The molecule has 26 heavy (non-hydrogen) atoms. The molecule has 0 radical (unpaired) electrons. The fourth-order valence-electron chi connectivity index (χ4n) is 3.48. The van der Waals surface area contributed by atoms with E-state index in [1.807, 2.05) is 13.0 Å². The first-order valence-corrected chi connectivity index (χ1v) is 10.4. The van der Waals surface area contributed by atoms with Crippen LogP contribution in [0.2, 0.25) is 0 Å². The van der Waals surface area contributed by atoms with Gasteiger partial charge in [0, 0.05) is 44.8 Å². The quantitative estimate of drug-likeness (QED) is 0.736. The maximum absolute atomic E-state index is 12.9. The van der Waals surface area contributed by atoms with Crippen LogP contribution in [0.15, 0.2) is 40.8 Å². The van der Waals surface area contributed by atoms with E-state index < -0.39 is 10.0 Å². The molecule has 6 nitrogen and oxygen atoms in total. The van der Waals surface area contributed by atoms with E-state index in [0.717, 1.165) is 12.8 Å². The van der Waals surface area contributed by atoms with Gasteiger partial charge in [-0.05, 0) is 38.0 Å². The summed E-state index contributed by atoms with van der Waals surface area (Å²) in [6.07, 6.45) is 3.60. The number of carbonyl (C=O) groups is 1. The number of rotatable bonds is 5. The van der Waals surface area contributed by atoms with Crippen molar-refractivity contribution in [3.05, 3.63) is 41.5 Å². The van der Waals surface area contributed by atoms with Crippen molar-refractivity contribution in [1.29, 1.82) is 0 Å². The highest BCUT2D eigenvalue weighted by atomic mass is 32.2. The summed E-state index contributed by atoms with van der Waals surface area (Å²) in [5.74, 6) is 0.231. The molecule has 2 aliphatic rings. The first-order valence-electron chi connectivity index (χ1n) is 8.96. The molecule has 3 rings (SSSR count). The summed E-state index contributed by atoms with van der Waals surface area (Å²) in [6.45, 7) is 4.85. The number of sulfonamides is 1. The lowest BCUT2D eigenvalue weighted by Gasteiger charge is -2.25. The molecule has 0 spiro atoms. The first-order chi connectivity index (χ1) is 12.4. The van der Waals surface area contributed by atoms with Gasteiger partial charge in [-0.3, -0.25) is 4.79 Å². The fourth-order valence-corrected chi connectivity index (χ4v) is 4.91. The normalized spacial score (nSPS) is 21.7. The number of hydrogen-bond acceptors (Lipinski definition) is 4. The molecular formula is C19H26N2O4S. The van der Waals surface area contributed by atoms with Crippen molar-refractivity contribution in [2.24, 2.45) is 5.92 Å². The molecule has 1 fully saturated rings. The topological polar surface area (TPSA) is 66.9 Å². The Balaban J connectivity index is 1.77. The smallest absolute Gasteiger partial charge is 0.253 e. The van der Waals surface area contributed by atoms with Crippen LogP contribution in [-0.4, -0.2) is 63.4 Å². The molecule has 7 heteroatoms. The highest BCUT2D eigenvalue weighted by Gasteiger charge is 2.29. The third-order valence-corrected chi connectivity index (χ3v) is 6.95. The Morgan fingerprint density at radius 3 is 2.81 bits per heavy atom. The van der Waals surface area contributed by atoms with Gasteiger partial charge >= 0.3 is 0 Å². The standard InChI is InChI=1S/C19H26N2O4S/c1-15-6-10-21(11-7-15)26(23,24)18-5-3-4-17(12-18)19(22)20-9-8-16(13-20)14-25-2/h3-6,12,16H,7-11,13-14H2,1-2H3/t16-/m0/s1. The van der Waals surface area contributed by atoms with Crippen LogP contribution in [0.3, 0.4) is 0 Å². The van der Waals surface area contributed by atoms with Crippen LogP contribution in [0.5, 0.6) is 0 Å². The summed E-state index contributed by atoms with van der Waals surface area (Å²) >= 11 is 0. The summed E-state index contributed by atoms with van der Waals surface area (Å²) in [6, 6.07) is 6.40. The Labute approximate surface area is 155 Å². The number of carbonyl (C=O) groups excluding carboxylic acids is 1. The zero-order chi connectivity index (χ0) is 18.7. The molecule has 2 heterocycles. The highest BCUT2D eigenvalue weighted by molar-refractivity contribution is 7.89. The van der Waals surface area contributed by atoms with E-state index in [0.29, 0.717) is 44.3 Å². The van der Waals surface area contributed by atoms with Crippen molar-refractivity contribution >= 4 is 15.9 Å². The molecule has 1 amide bonds. The van der Waals surface area contributed by atoms with Crippen molar-refractivity contribution in [3.8, 4) is 0 Å². The lowest BCUT2D eigenvalue weighted by atomic mass is 10.1. The average Bonchev–Trinajstić information content (AvgIpc) is 3.10. The largest absolute Gasteiger partial charge is 0.384 e. The molecule has 0 aliphatic carbocycles. The summed E-state index contributed by atoms with van der Waals surface area (Å²) in [7, 11) is -1.92. The zero-order valence-electron chi connectivity index (χ0n) is 15.3. The summed E-state index contributed by atoms with van der Waals surface area (Å²) in [4.78, 5) is 14.7. The van der Waals surface area contributed by atoms with Crippen molar-refractivity contribution in [2.75, 3.05) is 39.9 Å². The minimum absolute atomic E-state index is 0.116. The maximum Gasteiger partial charge on any atom is 0.253 e. The second-order valence-corrected chi connectivity index (χ2v) is 8.99. The number of ether oxygens (including phenoxy) is 1. The zero-order valence-corrected chi connectivity index (χ0v) is 16.2. The minimum Gasteiger partial charge on any atom is -0.384 e. The third-order valence-electron chi connectivity index (χ3n) is 5.09. The second-order valence-electron chi connectivity index (χ2n) is 7.05. The van der Waals surface area contributed by atoms with Gasteiger partial charge in [0.2, 0.25) is 10.0 Å². The van der Waals surface area contributed by atoms with E-state index >= 15 is 0 Å². The van der Waals surface area contributed by atoms with E-state index in [9.17, 15) is 13.2 Å². The number of amides is 1. The van der Waals surface area contributed by atoms with Gasteiger partial charge in [-0.2, -0.15) is 4.31 Å². The van der Waals surface area contributed by atoms with Gasteiger partial charge in [0.1, 0.15) is 0 Å². The molecule has 1 atom stereocenters. The lowest BCUT2D eigenvalue weighted by Crippen LogP contribution is -2.35. The number of hydrogen-bond donors (Lipinski definition) is 0. The SMILES string of the molecule is COC[C@H]1CCN(C(=O)c2cccc(S(=O)(=O)N3CC=C(C)CC3)c2)C1. The van der Waals surface area contributed by atoms with E-state index in [2.05, 4.69) is 0 Å². The molecular weight excluding hydrogens is 352 g/mol. The van der Waals surface area contributed by atoms with E-state index in [1.54, 1.807) is 30.2 Å².